The average molecular weight is 348 g/mol. The lowest BCUT2D eigenvalue weighted by Crippen LogP contribution is -2.14. The highest BCUT2D eigenvalue weighted by Gasteiger charge is 2.17. The number of fused-ring (bicyclic) bond motifs is 4. The topological polar surface area (TPSA) is 147 Å². The largest absolute Gasteiger partial charge is 0.504 e. The second-order valence-corrected chi connectivity index (χ2v) is 5.68. The molecule has 2 heterocycles. The summed E-state index contributed by atoms with van der Waals surface area (Å²) in [5.41, 5.74) is 8.60. The van der Waals surface area contributed by atoms with Crippen molar-refractivity contribution in [1.29, 1.82) is 10.9 Å². The van der Waals surface area contributed by atoms with Crippen molar-refractivity contribution < 1.29 is 9.90 Å². The molecule has 5 N–H and O–H groups in total. The second kappa shape index (κ2) is 5.52. The van der Waals surface area contributed by atoms with Gasteiger partial charge in [0, 0.05) is 16.6 Å². The fourth-order valence-corrected chi connectivity index (χ4v) is 3.05. The molecule has 1 amide bonds. The molecule has 0 aliphatic heterocycles. The van der Waals surface area contributed by atoms with Crippen molar-refractivity contribution in [2.24, 2.45) is 5.11 Å². The van der Waals surface area contributed by atoms with E-state index in [1.54, 1.807) is 30.3 Å². The number of hydrogen-bond acceptors (Lipinski definition) is 5. The fraction of sp³-hybridized carbons (Fsp3) is 0. The Morgan fingerprint density at radius 2 is 2.04 bits per heavy atom. The van der Waals surface area contributed by atoms with Crippen LogP contribution in [-0.4, -0.2) is 26.7 Å². The summed E-state index contributed by atoms with van der Waals surface area (Å²) in [5, 5.41) is 24.5. The Morgan fingerprint density at radius 3 is 2.77 bits per heavy atom. The van der Waals surface area contributed by atoms with Crippen LogP contribution in [0, 0.1) is 10.9 Å². The summed E-state index contributed by atoms with van der Waals surface area (Å²) in [5.74, 6) is -0.378. The molecule has 0 aliphatic carbocycles. The van der Waals surface area contributed by atoms with Gasteiger partial charge < -0.3 is 15.4 Å². The molecule has 0 fully saturated rings. The number of aromatic nitrogens is 2. The van der Waals surface area contributed by atoms with E-state index in [4.69, 9.17) is 10.9 Å². The summed E-state index contributed by atoms with van der Waals surface area (Å²) in [6, 6.07) is 9.48. The maximum Gasteiger partial charge on any atom is 0.266 e. The molecule has 2 aromatic carbocycles. The number of nitrogens with zero attached hydrogens (tertiary/aromatic N) is 2. The molecule has 0 atom stereocenters. The van der Waals surface area contributed by atoms with Gasteiger partial charge in [-0.15, -0.1) is 5.11 Å². The molecule has 128 valence electrons. The van der Waals surface area contributed by atoms with Crippen LogP contribution < -0.4 is 10.9 Å². The van der Waals surface area contributed by atoms with Gasteiger partial charge in [-0.1, -0.05) is 0 Å². The number of rotatable bonds is 3. The number of carbonyl (C=O) groups is 1. The van der Waals surface area contributed by atoms with Crippen molar-refractivity contribution >= 4 is 45.4 Å². The summed E-state index contributed by atoms with van der Waals surface area (Å²) >= 11 is 0. The van der Waals surface area contributed by atoms with Gasteiger partial charge in [0.15, 0.2) is 17.2 Å². The smallest absolute Gasteiger partial charge is 0.266 e. The van der Waals surface area contributed by atoms with Gasteiger partial charge in [-0.3, -0.25) is 19.4 Å². The molecule has 0 spiro atoms. The Hall–Kier alpha value is -4.01. The third-order valence-corrected chi connectivity index (χ3v) is 4.26. The fourth-order valence-electron chi connectivity index (χ4n) is 3.05. The van der Waals surface area contributed by atoms with E-state index in [1.807, 2.05) is 0 Å². The minimum Gasteiger partial charge on any atom is -0.504 e. The third kappa shape index (κ3) is 2.07. The van der Waals surface area contributed by atoms with Crippen LogP contribution in [0.3, 0.4) is 0 Å². The predicted molar refractivity (Wildman–Crippen MR) is 96.4 cm³/mol. The zero-order valence-electron chi connectivity index (χ0n) is 13.2. The molecule has 2 aromatic heterocycles. The third-order valence-electron chi connectivity index (χ3n) is 4.26. The molecule has 0 bridgehead atoms. The van der Waals surface area contributed by atoms with Gasteiger partial charge >= 0.3 is 0 Å². The zero-order valence-corrected chi connectivity index (χ0v) is 13.2. The molecule has 9 nitrogen and oxygen atoms in total. The summed E-state index contributed by atoms with van der Waals surface area (Å²) < 4.78 is 1.34. The monoisotopic (exact) mass is 348 g/mol. The Morgan fingerprint density at radius 1 is 1.23 bits per heavy atom. The van der Waals surface area contributed by atoms with Gasteiger partial charge in [0.2, 0.25) is 6.41 Å². The first-order chi connectivity index (χ1) is 12.5. The Labute approximate surface area is 144 Å². The highest BCUT2D eigenvalue weighted by Crippen LogP contribution is 2.32. The molecular weight excluding hydrogens is 336 g/mol. The van der Waals surface area contributed by atoms with Crippen LogP contribution in [0.5, 0.6) is 5.75 Å². The van der Waals surface area contributed by atoms with E-state index in [9.17, 15) is 14.7 Å². The van der Waals surface area contributed by atoms with Gasteiger partial charge in [0.05, 0.1) is 16.4 Å². The van der Waals surface area contributed by atoms with Gasteiger partial charge in [0.1, 0.15) is 0 Å². The lowest BCUT2D eigenvalue weighted by atomic mass is 10.1. The van der Waals surface area contributed by atoms with Crippen molar-refractivity contribution in [3.8, 4) is 5.75 Å². The quantitative estimate of drug-likeness (QED) is 0.168. The van der Waals surface area contributed by atoms with Crippen molar-refractivity contribution in [2.75, 3.05) is 5.32 Å². The van der Waals surface area contributed by atoms with Crippen LogP contribution in [0.25, 0.3) is 27.5 Å². The summed E-state index contributed by atoms with van der Waals surface area (Å²) in [6.45, 7) is 0. The summed E-state index contributed by atoms with van der Waals surface area (Å²) in [4.78, 5) is 26.6. The molecule has 4 rings (SSSR count). The number of nitrogens with one attached hydrogen (secondary N) is 4. The number of aromatic hydroxyl groups is 1. The average Bonchev–Trinajstić information content (AvgIpc) is 2.94. The molecule has 0 radical (unpaired) electrons. The van der Waals surface area contributed by atoms with Crippen LogP contribution in [0.2, 0.25) is 0 Å². The molecule has 26 heavy (non-hydrogen) atoms. The van der Waals surface area contributed by atoms with Crippen LogP contribution in [0.15, 0.2) is 46.3 Å². The first-order valence-electron chi connectivity index (χ1n) is 7.55. The van der Waals surface area contributed by atoms with Crippen LogP contribution in [0.1, 0.15) is 5.56 Å². The van der Waals surface area contributed by atoms with Crippen molar-refractivity contribution in [2.45, 2.75) is 0 Å². The van der Waals surface area contributed by atoms with E-state index in [1.165, 1.54) is 10.5 Å². The van der Waals surface area contributed by atoms with E-state index in [-0.39, 0.29) is 22.8 Å². The standard InChI is InChI=1S/C17H12N6O3/c18-15(22-19)8-1-4-13-11(5-8)14(25)16-21-12-3-2-9(20-7-24)6-10(12)17(26)23(13)16/h1-7,18-19,21,25H,(H,20,24). The summed E-state index contributed by atoms with van der Waals surface area (Å²) in [7, 11) is 0. The highest BCUT2D eigenvalue weighted by atomic mass is 16.3. The number of aromatic amines is 1. The van der Waals surface area contributed by atoms with Gasteiger partial charge in [-0.2, -0.15) is 0 Å². The van der Waals surface area contributed by atoms with Crippen molar-refractivity contribution in [3.63, 3.8) is 0 Å². The molecule has 0 saturated carbocycles. The van der Waals surface area contributed by atoms with Crippen LogP contribution >= 0.6 is 0 Å². The number of amides is 1. The molecule has 0 saturated heterocycles. The minimum absolute atomic E-state index is 0.131. The van der Waals surface area contributed by atoms with Gasteiger partial charge in [0.25, 0.3) is 5.56 Å². The predicted octanol–water partition coefficient (Wildman–Crippen LogP) is 2.56. The number of amidine groups is 1. The zero-order chi connectivity index (χ0) is 18.4. The Kier molecular flexibility index (Phi) is 3.29. The first-order valence-corrected chi connectivity index (χ1v) is 7.55. The van der Waals surface area contributed by atoms with E-state index in [0.29, 0.717) is 39.5 Å². The Bertz CT molecular complexity index is 1300. The lowest BCUT2D eigenvalue weighted by Gasteiger charge is -2.04. The number of carbonyl (C=O) groups excluding carboxylic acids is 1. The Balaban J connectivity index is 2.12. The van der Waals surface area contributed by atoms with E-state index in [0.717, 1.165) is 0 Å². The van der Waals surface area contributed by atoms with Crippen LogP contribution in [0.4, 0.5) is 5.69 Å². The molecule has 0 aliphatic rings. The first kappa shape index (κ1) is 15.5. The van der Waals surface area contributed by atoms with E-state index in [2.05, 4.69) is 15.4 Å². The maximum absolute atomic E-state index is 13.0. The van der Waals surface area contributed by atoms with Gasteiger partial charge in [-0.25, -0.2) is 5.53 Å². The SMILES string of the molecule is N=NC(=N)c1ccc2c(c1)c(O)c1[nH]c3ccc(NC=O)cc3c(=O)n12. The van der Waals surface area contributed by atoms with E-state index < -0.39 is 0 Å². The number of anilines is 1. The molecule has 0 unspecified atom stereocenters. The maximum atomic E-state index is 13.0. The van der Waals surface area contributed by atoms with E-state index >= 15 is 0 Å². The lowest BCUT2D eigenvalue weighted by molar-refractivity contribution is -0.105. The highest BCUT2D eigenvalue weighted by molar-refractivity contribution is 6.03. The molecular formula is C17H12N6O3. The number of benzene rings is 2. The summed E-state index contributed by atoms with van der Waals surface area (Å²) in [6.07, 6.45) is 0.526. The second-order valence-electron chi connectivity index (χ2n) is 5.68. The molecule has 9 heteroatoms. The molecule has 4 aromatic rings. The van der Waals surface area contributed by atoms with Crippen molar-refractivity contribution in [3.05, 3.63) is 52.3 Å². The normalized spacial score (nSPS) is 11.1. The minimum atomic E-state index is -0.360. The van der Waals surface area contributed by atoms with Crippen molar-refractivity contribution in [1.82, 2.24) is 9.38 Å². The number of hydrogen-bond donors (Lipinski definition) is 5. The van der Waals surface area contributed by atoms with Crippen LogP contribution in [-0.2, 0) is 4.79 Å². The van der Waals surface area contributed by atoms with Gasteiger partial charge in [-0.05, 0) is 36.4 Å². The number of H-pyrrole nitrogens is 1.